The summed E-state index contributed by atoms with van der Waals surface area (Å²) in [6.07, 6.45) is 0. The van der Waals surface area contributed by atoms with E-state index in [-0.39, 0.29) is 17.1 Å². The molecule has 0 radical (unpaired) electrons. The molecule has 0 N–H and O–H groups in total. The Morgan fingerprint density at radius 1 is 0.581 bits per heavy atom. The first-order valence-corrected chi connectivity index (χ1v) is 9.51. The third kappa shape index (κ3) is 5.30. The summed E-state index contributed by atoms with van der Waals surface area (Å²) in [5.74, 6) is -0.694. The van der Waals surface area contributed by atoms with Gasteiger partial charge in [-0.15, -0.1) is 0 Å². The van der Waals surface area contributed by atoms with Crippen LogP contribution in [0.2, 0.25) is 0 Å². The molecule has 0 heterocycles. The van der Waals surface area contributed by atoms with Gasteiger partial charge in [-0.25, -0.2) is 9.59 Å². The number of esters is 2. The van der Waals surface area contributed by atoms with Gasteiger partial charge in [0, 0.05) is 11.1 Å². The second-order valence-corrected chi connectivity index (χ2v) is 6.97. The Kier molecular flexibility index (Phi) is 6.40. The third-order valence-corrected chi connectivity index (χ3v) is 4.62. The molecule has 0 bridgehead atoms. The number of carbonyl (C=O) groups excluding carboxylic acids is 4. The number of rotatable bonds is 6. The zero-order valence-corrected chi connectivity index (χ0v) is 17.3. The summed E-state index contributed by atoms with van der Waals surface area (Å²) in [6.45, 7) is 4.60. The van der Waals surface area contributed by atoms with E-state index >= 15 is 0 Å². The average molecular weight is 416 g/mol. The molecular weight excluding hydrogens is 396 g/mol. The van der Waals surface area contributed by atoms with Gasteiger partial charge in [-0.2, -0.15) is 0 Å². The van der Waals surface area contributed by atoms with Crippen molar-refractivity contribution < 1.29 is 28.7 Å². The average Bonchev–Trinajstić information content (AvgIpc) is 2.74. The van der Waals surface area contributed by atoms with Crippen LogP contribution in [0.3, 0.4) is 0 Å². The fourth-order valence-electron chi connectivity index (χ4n) is 2.86. The van der Waals surface area contributed by atoms with Crippen LogP contribution in [0, 0.1) is 6.92 Å². The van der Waals surface area contributed by atoms with Gasteiger partial charge in [-0.1, -0.05) is 0 Å². The van der Waals surface area contributed by atoms with Crippen molar-refractivity contribution >= 4 is 23.5 Å². The first-order chi connectivity index (χ1) is 14.7. The largest absolute Gasteiger partial charge is 0.423 e. The van der Waals surface area contributed by atoms with Gasteiger partial charge in [0.1, 0.15) is 11.5 Å². The molecule has 0 amide bonds. The van der Waals surface area contributed by atoms with Crippen LogP contribution in [-0.2, 0) is 0 Å². The molecule has 0 unspecified atom stereocenters. The number of Topliss-reactive ketones (excluding diaryl/α,β-unsaturated/α-hetero) is 2. The highest BCUT2D eigenvalue weighted by molar-refractivity contribution is 5.97. The van der Waals surface area contributed by atoms with Crippen molar-refractivity contribution in [3.05, 3.63) is 94.5 Å². The van der Waals surface area contributed by atoms with Crippen LogP contribution < -0.4 is 9.47 Å². The predicted octanol–water partition coefficient (Wildman–Crippen LogP) is 4.84. The van der Waals surface area contributed by atoms with E-state index in [1.807, 2.05) is 0 Å². The number of benzene rings is 3. The number of ether oxygens (including phenoxy) is 2. The van der Waals surface area contributed by atoms with Crippen LogP contribution in [0.15, 0.2) is 66.7 Å². The number of ketones is 2. The summed E-state index contributed by atoms with van der Waals surface area (Å²) in [5, 5.41) is 0. The molecule has 0 fully saturated rings. The zero-order valence-electron chi connectivity index (χ0n) is 17.3. The van der Waals surface area contributed by atoms with E-state index in [1.165, 1.54) is 26.0 Å². The van der Waals surface area contributed by atoms with E-state index < -0.39 is 11.9 Å². The summed E-state index contributed by atoms with van der Waals surface area (Å²) >= 11 is 0. The zero-order chi connectivity index (χ0) is 22.5. The molecule has 3 aromatic carbocycles. The van der Waals surface area contributed by atoms with Crippen LogP contribution in [0.5, 0.6) is 11.5 Å². The maximum absolute atomic E-state index is 12.5. The molecule has 156 valence electrons. The molecule has 0 saturated carbocycles. The molecule has 0 aromatic heterocycles. The molecule has 0 atom stereocenters. The minimum Gasteiger partial charge on any atom is -0.423 e. The Hall–Kier alpha value is -4.06. The molecule has 6 nitrogen and oxygen atoms in total. The second kappa shape index (κ2) is 9.17. The van der Waals surface area contributed by atoms with Crippen molar-refractivity contribution in [2.75, 3.05) is 0 Å². The van der Waals surface area contributed by atoms with E-state index in [4.69, 9.17) is 9.47 Å². The third-order valence-electron chi connectivity index (χ3n) is 4.62. The molecule has 3 rings (SSSR count). The Morgan fingerprint density at radius 3 is 1.42 bits per heavy atom. The van der Waals surface area contributed by atoms with Crippen LogP contribution in [0.4, 0.5) is 0 Å². The van der Waals surface area contributed by atoms with E-state index in [9.17, 15) is 19.2 Å². The molecule has 0 saturated heterocycles. The second-order valence-electron chi connectivity index (χ2n) is 6.97. The molecule has 6 heteroatoms. The van der Waals surface area contributed by atoms with Crippen LogP contribution >= 0.6 is 0 Å². The van der Waals surface area contributed by atoms with Crippen molar-refractivity contribution in [1.29, 1.82) is 0 Å². The van der Waals surface area contributed by atoms with Crippen molar-refractivity contribution in [3.8, 4) is 11.5 Å². The number of aryl methyl sites for hydroxylation is 1. The number of carbonyl (C=O) groups is 4. The normalized spacial score (nSPS) is 10.3. The Balaban J connectivity index is 1.69. The monoisotopic (exact) mass is 416 g/mol. The van der Waals surface area contributed by atoms with E-state index in [2.05, 4.69) is 0 Å². The first kappa shape index (κ1) is 21.6. The minimum atomic E-state index is -0.585. The summed E-state index contributed by atoms with van der Waals surface area (Å²) in [6, 6.07) is 17.0. The van der Waals surface area contributed by atoms with E-state index in [0.29, 0.717) is 33.8 Å². The maximum atomic E-state index is 12.5. The highest BCUT2D eigenvalue weighted by Gasteiger charge is 2.16. The summed E-state index contributed by atoms with van der Waals surface area (Å²) in [5.41, 5.74) is 2.17. The lowest BCUT2D eigenvalue weighted by atomic mass is 10.1. The number of hydrogen-bond donors (Lipinski definition) is 0. The van der Waals surface area contributed by atoms with Crippen molar-refractivity contribution in [1.82, 2.24) is 0 Å². The Labute approximate surface area is 179 Å². The van der Waals surface area contributed by atoms with E-state index in [0.717, 1.165) is 0 Å². The van der Waals surface area contributed by atoms with Gasteiger partial charge >= 0.3 is 11.9 Å². The summed E-state index contributed by atoms with van der Waals surface area (Å²) < 4.78 is 10.7. The maximum Gasteiger partial charge on any atom is 0.343 e. The fourth-order valence-corrected chi connectivity index (χ4v) is 2.86. The Morgan fingerprint density at radius 2 is 1.00 bits per heavy atom. The van der Waals surface area contributed by atoms with Gasteiger partial charge in [0.25, 0.3) is 0 Å². The van der Waals surface area contributed by atoms with Gasteiger partial charge in [0.2, 0.25) is 0 Å². The molecule has 0 spiro atoms. The first-order valence-electron chi connectivity index (χ1n) is 9.51. The standard InChI is InChI=1S/C25H20O6/c1-15-14-20(24(28)30-21-9-4-18(5-10-21)16(2)26)8-13-23(15)25(29)31-22-11-6-19(7-12-22)17(3)27/h4-14H,1-3H3. The summed E-state index contributed by atoms with van der Waals surface area (Å²) in [4.78, 5) is 47.5. The van der Waals surface area contributed by atoms with Crippen LogP contribution in [-0.4, -0.2) is 23.5 Å². The number of hydrogen-bond acceptors (Lipinski definition) is 6. The highest BCUT2D eigenvalue weighted by Crippen LogP contribution is 2.19. The molecule has 0 aliphatic heterocycles. The molecule has 3 aromatic rings. The van der Waals surface area contributed by atoms with Gasteiger partial charge in [0.15, 0.2) is 11.6 Å². The lowest BCUT2D eigenvalue weighted by Gasteiger charge is -2.09. The van der Waals surface area contributed by atoms with E-state index in [1.54, 1.807) is 61.5 Å². The van der Waals surface area contributed by atoms with Crippen molar-refractivity contribution in [3.63, 3.8) is 0 Å². The lowest BCUT2D eigenvalue weighted by molar-refractivity contribution is 0.0719. The SMILES string of the molecule is CC(=O)c1ccc(OC(=O)c2ccc(C(=O)Oc3ccc(C(C)=O)cc3)c(C)c2)cc1. The van der Waals surface area contributed by atoms with Gasteiger partial charge in [-0.05, 0) is 93.1 Å². The van der Waals surface area contributed by atoms with Crippen molar-refractivity contribution in [2.45, 2.75) is 20.8 Å². The lowest BCUT2D eigenvalue weighted by Crippen LogP contribution is -2.13. The van der Waals surface area contributed by atoms with Crippen LogP contribution in [0.1, 0.15) is 60.8 Å². The smallest absolute Gasteiger partial charge is 0.343 e. The van der Waals surface area contributed by atoms with Crippen LogP contribution in [0.25, 0.3) is 0 Å². The molecule has 31 heavy (non-hydrogen) atoms. The molecule has 0 aliphatic carbocycles. The highest BCUT2D eigenvalue weighted by atomic mass is 16.5. The molecule has 0 aliphatic rings. The van der Waals surface area contributed by atoms with Gasteiger partial charge in [-0.3, -0.25) is 9.59 Å². The summed E-state index contributed by atoms with van der Waals surface area (Å²) in [7, 11) is 0. The minimum absolute atomic E-state index is 0.0778. The molecular formula is C25H20O6. The topological polar surface area (TPSA) is 86.7 Å². The van der Waals surface area contributed by atoms with Gasteiger partial charge < -0.3 is 9.47 Å². The quantitative estimate of drug-likeness (QED) is 0.325. The predicted molar refractivity (Wildman–Crippen MR) is 114 cm³/mol. The fraction of sp³-hybridized carbons (Fsp3) is 0.120. The Bertz CT molecular complexity index is 1160. The van der Waals surface area contributed by atoms with Gasteiger partial charge in [0.05, 0.1) is 11.1 Å². The van der Waals surface area contributed by atoms with Crippen molar-refractivity contribution in [2.24, 2.45) is 0 Å².